The fraction of sp³-hybridized carbons (Fsp3) is 0.235. The van der Waals surface area contributed by atoms with Crippen LogP contribution in [0.2, 0.25) is 0 Å². The second-order valence-electron chi connectivity index (χ2n) is 5.01. The minimum Gasteiger partial charge on any atom is -0.381 e. The van der Waals surface area contributed by atoms with Crippen LogP contribution in [0.3, 0.4) is 0 Å². The summed E-state index contributed by atoms with van der Waals surface area (Å²) < 4.78 is 13.3. The van der Waals surface area contributed by atoms with E-state index < -0.39 is 0 Å². The first-order chi connectivity index (χ1) is 9.61. The smallest absolute Gasteiger partial charge is 0.123 e. The lowest BCUT2D eigenvalue weighted by atomic mass is 10.0. The monoisotopic (exact) mass is 268 g/mol. The molecule has 0 aromatic heterocycles. The van der Waals surface area contributed by atoms with Crippen molar-refractivity contribution in [2.45, 2.75) is 26.3 Å². The maximum Gasteiger partial charge on any atom is 0.123 e. The summed E-state index contributed by atoms with van der Waals surface area (Å²) in [6, 6.07) is 14.4. The first kappa shape index (κ1) is 14.1. The summed E-state index contributed by atoms with van der Waals surface area (Å²) in [5, 5.41) is 12.3. The average molecular weight is 268 g/mol. The molecule has 0 aliphatic carbocycles. The van der Waals surface area contributed by atoms with Gasteiger partial charge in [0.25, 0.3) is 0 Å². The van der Waals surface area contributed by atoms with Crippen molar-refractivity contribution in [1.29, 1.82) is 5.26 Å². The molecule has 0 saturated carbocycles. The highest BCUT2D eigenvalue weighted by molar-refractivity contribution is 5.53. The zero-order valence-corrected chi connectivity index (χ0v) is 11.7. The Bertz CT molecular complexity index is 642. The molecule has 0 aliphatic heterocycles. The Hall–Kier alpha value is -2.34. The van der Waals surface area contributed by atoms with Gasteiger partial charge in [-0.05, 0) is 41.3 Å². The van der Waals surface area contributed by atoms with Crippen molar-refractivity contribution >= 4 is 5.69 Å². The van der Waals surface area contributed by atoms with Crippen LogP contribution in [0.5, 0.6) is 0 Å². The summed E-state index contributed by atoms with van der Waals surface area (Å²) in [6.45, 7) is 4.69. The number of para-hydroxylation sites is 1. The summed E-state index contributed by atoms with van der Waals surface area (Å²) in [5.74, 6) is 0.0830. The summed E-state index contributed by atoms with van der Waals surface area (Å²) in [5.41, 5.74) is 3.41. The van der Waals surface area contributed by atoms with E-state index in [4.69, 9.17) is 5.26 Å². The Kier molecular flexibility index (Phi) is 4.37. The zero-order chi connectivity index (χ0) is 14.5. The maximum atomic E-state index is 13.3. The van der Waals surface area contributed by atoms with Crippen molar-refractivity contribution in [3.05, 3.63) is 65.0 Å². The molecule has 0 radical (unpaired) electrons. The Morgan fingerprint density at radius 3 is 2.65 bits per heavy atom. The molecule has 0 fully saturated rings. The fourth-order valence-electron chi connectivity index (χ4n) is 2.17. The van der Waals surface area contributed by atoms with Crippen molar-refractivity contribution in [3.8, 4) is 6.07 Å². The average Bonchev–Trinajstić information content (AvgIpc) is 2.45. The van der Waals surface area contributed by atoms with Crippen LogP contribution in [0.4, 0.5) is 10.1 Å². The highest BCUT2D eigenvalue weighted by atomic mass is 19.1. The molecule has 0 aliphatic rings. The number of rotatable bonds is 4. The van der Waals surface area contributed by atoms with E-state index >= 15 is 0 Å². The van der Waals surface area contributed by atoms with E-state index in [-0.39, 0.29) is 5.82 Å². The van der Waals surface area contributed by atoms with E-state index in [1.54, 1.807) is 0 Å². The van der Waals surface area contributed by atoms with Gasteiger partial charge in [-0.15, -0.1) is 0 Å². The number of halogens is 1. The number of nitriles is 1. The highest BCUT2D eigenvalue weighted by Crippen LogP contribution is 2.24. The molecule has 0 bridgehead atoms. The lowest BCUT2D eigenvalue weighted by Gasteiger charge is -2.15. The van der Waals surface area contributed by atoms with Crippen molar-refractivity contribution in [1.82, 2.24) is 0 Å². The molecule has 2 rings (SSSR count). The van der Waals surface area contributed by atoms with Crippen LogP contribution >= 0.6 is 0 Å². The van der Waals surface area contributed by atoms with E-state index in [1.807, 2.05) is 18.2 Å². The minimum absolute atomic E-state index is 0.321. The molecular weight excluding hydrogens is 251 g/mol. The minimum atomic E-state index is -0.321. The third-order valence-electron chi connectivity index (χ3n) is 3.24. The van der Waals surface area contributed by atoms with Crippen molar-refractivity contribution in [3.63, 3.8) is 0 Å². The summed E-state index contributed by atoms with van der Waals surface area (Å²) in [7, 11) is 0. The van der Waals surface area contributed by atoms with Crippen LogP contribution in [0.25, 0.3) is 0 Å². The highest BCUT2D eigenvalue weighted by Gasteiger charge is 2.07. The topological polar surface area (TPSA) is 35.8 Å². The summed E-state index contributed by atoms with van der Waals surface area (Å²) in [6.07, 6.45) is 0. The van der Waals surface area contributed by atoms with E-state index in [0.717, 1.165) is 5.69 Å². The quantitative estimate of drug-likeness (QED) is 0.890. The van der Waals surface area contributed by atoms with Gasteiger partial charge in [0, 0.05) is 12.2 Å². The van der Waals surface area contributed by atoms with Crippen LogP contribution < -0.4 is 5.32 Å². The Morgan fingerprint density at radius 2 is 1.95 bits per heavy atom. The SMILES string of the molecule is CC(C)c1ccccc1NCc1cc(F)ccc1C#N. The van der Waals surface area contributed by atoms with Gasteiger partial charge < -0.3 is 5.32 Å². The molecule has 20 heavy (non-hydrogen) atoms. The van der Waals surface area contributed by atoms with Gasteiger partial charge in [0.15, 0.2) is 0 Å². The number of nitrogens with zero attached hydrogens (tertiary/aromatic N) is 1. The van der Waals surface area contributed by atoms with Gasteiger partial charge in [0.2, 0.25) is 0 Å². The number of hydrogen-bond donors (Lipinski definition) is 1. The van der Waals surface area contributed by atoms with Gasteiger partial charge in [-0.2, -0.15) is 5.26 Å². The van der Waals surface area contributed by atoms with E-state index in [0.29, 0.717) is 23.6 Å². The molecule has 1 N–H and O–H groups in total. The Balaban J connectivity index is 2.22. The molecular formula is C17H17FN2. The number of benzene rings is 2. The predicted octanol–water partition coefficient (Wildman–Crippen LogP) is 4.43. The molecule has 102 valence electrons. The van der Waals surface area contributed by atoms with Crippen LogP contribution in [0, 0.1) is 17.1 Å². The lowest BCUT2D eigenvalue weighted by Crippen LogP contribution is -2.05. The zero-order valence-electron chi connectivity index (χ0n) is 11.7. The summed E-state index contributed by atoms with van der Waals surface area (Å²) >= 11 is 0. The van der Waals surface area contributed by atoms with Gasteiger partial charge in [0.1, 0.15) is 5.82 Å². The van der Waals surface area contributed by atoms with Crippen molar-refractivity contribution in [2.24, 2.45) is 0 Å². The van der Waals surface area contributed by atoms with Gasteiger partial charge >= 0.3 is 0 Å². The number of anilines is 1. The number of nitrogens with one attached hydrogen (secondary N) is 1. The normalized spacial score (nSPS) is 10.3. The molecule has 2 aromatic carbocycles. The molecule has 0 amide bonds. The number of hydrogen-bond acceptors (Lipinski definition) is 2. The van der Waals surface area contributed by atoms with Crippen LogP contribution in [0.1, 0.15) is 36.5 Å². The maximum absolute atomic E-state index is 13.3. The molecule has 2 aromatic rings. The van der Waals surface area contributed by atoms with Gasteiger partial charge in [-0.3, -0.25) is 0 Å². The van der Waals surface area contributed by atoms with E-state index in [2.05, 4.69) is 31.3 Å². The second kappa shape index (κ2) is 6.21. The first-order valence-corrected chi connectivity index (χ1v) is 6.63. The van der Waals surface area contributed by atoms with Gasteiger partial charge in [-0.25, -0.2) is 4.39 Å². The largest absolute Gasteiger partial charge is 0.381 e. The van der Waals surface area contributed by atoms with E-state index in [9.17, 15) is 4.39 Å². The lowest BCUT2D eigenvalue weighted by molar-refractivity contribution is 0.625. The Morgan fingerprint density at radius 1 is 1.20 bits per heavy atom. The molecule has 0 unspecified atom stereocenters. The first-order valence-electron chi connectivity index (χ1n) is 6.63. The van der Waals surface area contributed by atoms with Crippen LogP contribution in [-0.4, -0.2) is 0 Å². The van der Waals surface area contributed by atoms with Crippen molar-refractivity contribution in [2.75, 3.05) is 5.32 Å². The molecule has 2 nitrogen and oxygen atoms in total. The standard InChI is InChI=1S/C17H17FN2/c1-12(2)16-5-3-4-6-17(16)20-11-14-9-15(18)8-7-13(14)10-19/h3-9,12,20H,11H2,1-2H3. The third-order valence-corrected chi connectivity index (χ3v) is 3.24. The molecule has 0 saturated heterocycles. The van der Waals surface area contributed by atoms with Gasteiger partial charge in [-0.1, -0.05) is 32.0 Å². The second-order valence-corrected chi connectivity index (χ2v) is 5.01. The third kappa shape index (κ3) is 3.16. The summed E-state index contributed by atoms with van der Waals surface area (Å²) in [4.78, 5) is 0. The van der Waals surface area contributed by atoms with Crippen LogP contribution in [0.15, 0.2) is 42.5 Å². The molecule has 0 spiro atoms. The molecule has 3 heteroatoms. The Labute approximate surface area is 118 Å². The molecule has 0 heterocycles. The van der Waals surface area contributed by atoms with Gasteiger partial charge in [0.05, 0.1) is 11.6 Å². The van der Waals surface area contributed by atoms with Crippen molar-refractivity contribution < 1.29 is 4.39 Å². The van der Waals surface area contributed by atoms with E-state index in [1.165, 1.54) is 23.8 Å². The van der Waals surface area contributed by atoms with Crippen LogP contribution in [-0.2, 0) is 6.54 Å². The fourth-order valence-corrected chi connectivity index (χ4v) is 2.17. The predicted molar refractivity (Wildman–Crippen MR) is 79.0 cm³/mol. The molecule has 0 atom stereocenters.